The van der Waals surface area contributed by atoms with Gasteiger partial charge < -0.3 is 14.8 Å². The van der Waals surface area contributed by atoms with Gasteiger partial charge in [0.1, 0.15) is 11.6 Å². The molecule has 0 saturated heterocycles. The van der Waals surface area contributed by atoms with E-state index in [9.17, 15) is 10.2 Å². The molecule has 4 nitrogen and oxygen atoms in total. The van der Waals surface area contributed by atoms with Crippen LogP contribution in [0.15, 0.2) is 30.5 Å². The average Bonchev–Trinajstić information content (AvgIpc) is 2.84. The van der Waals surface area contributed by atoms with Crippen molar-refractivity contribution in [3.8, 4) is 5.75 Å². The number of aromatic nitrogens is 2. The summed E-state index contributed by atoms with van der Waals surface area (Å²) in [6.45, 7) is 1.14. The van der Waals surface area contributed by atoms with Crippen LogP contribution in [-0.2, 0) is 13.0 Å². The topological polar surface area (TPSA) is 58.3 Å². The molecule has 0 bridgehead atoms. The molecule has 0 spiro atoms. The lowest BCUT2D eigenvalue weighted by Gasteiger charge is -2.23. The highest BCUT2D eigenvalue weighted by molar-refractivity contribution is 5.34. The number of hydrogen-bond donors (Lipinski definition) is 2. The highest BCUT2D eigenvalue weighted by Gasteiger charge is 2.22. The summed E-state index contributed by atoms with van der Waals surface area (Å²) in [6.07, 6.45) is 4.60. The summed E-state index contributed by atoms with van der Waals surface area (Å²) in [6, 6.07) is 7.36. The minimum absolute atomic E-state index is 0.182. The van der Waals surface area contributed by atoms with E-state index in [1.165, 1.54) is 0 Å². The van der Waals surface area contributed by atoms with Crippen LogP contribution in [0.3, 0.4) is 0 Å². The molecule has 0 fully saturated rings. The number of aromatic hydroxyl groups is 1. The summed E-state index contributed by atoms with van der Waals surface area (Å²) >= 11 is 0. The van der Waals surface area contributed by atoms with Crippen molar-refractivity contribution in [2.24, 2.45) is 0 Å². The number of aliphatic hydroxyl groups is 1. The smallest absolute Gasteiger partial charge is 0.119 e. The third-order valence-corrected chi connectivity index (χ3v) is 3.88. The van der Waals surface area contributed by atoms with Crippen molar-refractivity contribution in [1.82, 2.24) is 9.55 Å². The van der Waals surface area contributed by atoms with Gasteiger partial charge >= 0.3 is 0 Å². The third kappa shape index (κ3) is 2.24. The lowest BCUT2D eigenvalue weighted by molar-refractivity contribution is 0.240. The Bertz CT molecular complexity index is 577. The molecule has 2 aromatic rings. The van der Waals surface area contributed by atoms with Gasteiger partial charge in [0.15, 0.2) is 0 Å². The molecule has 4 heteroatoms. The number of benzene rings is 1. The molecule has 0 amide bonds. The maximum Gasteiger partial charge on any atom is 0.119 e. The van der Waals surface area contributed by atoms with Gasteiger partial charge in [-0.05, 0) is 18.9 Å². The van der Waals surface area contributed by atoms with E-state index < -0.39 is 0 Å². The molecule has 1 atom stereocenters. The lowest BCUT2D eigenvalue weighted by atomic mass is 9.97. The summed E-state index contributed by atoms with van der Waals surface area (Å²) in [5.74, 6) is 1.49. The first-order valence-corrected chi connectivity index (χ1v) is 6.71. The maximum atomic E-state index is 9.83. The fourth-order valence-electron chi connectivity index (χ4n) is 2.81. The van der Waals surface area contributed by atoms with E-state index in [4.69, 9.17) is 0 Å². The van der Waals surface area contributed by atoms with Crippen LogP contribution in [-0.4, -0.2) is 26.4 Å². The van der Waals surface area contributed by atoms with E-state index in [2.05, 4.69) is 9.55 Å². The Morgan fingerprint density at radius 3 is 2.95 bits per heavy atom. The molecular formula is C15H18N2O2. The van der Waals surface area contributed by atoms with Crippen LogP contribution in [0.4, 0.5) is 0 Å². The number of phenols is 1. The molecule has 1 unspecified atom stereocenters. The van der Waals surface area contributed by atoms with Crippen molar-refractivity contribution in [2.75, 3.05) is 6.61 Å². The number of para-hydroxylation sites is 1. The molecule has 0 saturated carbocycles. The van der Waals surface area contributed by atoms with Crippen LogP contribution < -0.4 is 0 Å². The predicted octanol–water partition coefficient (Wildman–Crippen LogP) is 2.05. The van der Waals surface area contributed by atoms with Crippen LogP contribution in [0.5, 0.6) is 5.75 Å². The summed E-state index contributed by atoms with van der Waals surface area (Å²) in [7, 11) is 0. The standard InChI is InChI=1S/C15H18N2O2/c18-10-12-5-3-7-17-13(12)9-16-15(17)8-11-4-1-2-6-14(11)19/h1-2,4,6,9,12,18-19H,3,5,7-8,10H2. The van der Waals surface area contributed by atoms with Gasteiger partial charge in [0.05, 0.1) is 6.61 Å². The van der Waals surface area contributed by atoms with Crippen molar-refractivity contribution in [2.45, 2.75) is 31.7 Å². The van der Waals surface area contributed by atoms with E-state index in [1.807, 2.05) is 24.4 Å². The van der Waals surface area contributed by atoms with Crippen molar-refractivity contribution in [1.29, 1.82) is 0 Å². The molecule has 1 aliphatic heterocycles. The molecule has 100 valence electrons. The van der Waals surface area contributed by atoms with Gasteiger partial charge in [0.25, 0.3) is 0 Å². The third-order valence-electron chi connectivity index (χ3n) is 3.88. The van der Waals surface area contributed by atoms with Crippen molar-refractivity contribution < 1.29 is 10.2 Å². The lowest BCUT2D eigenvalue weighted by Crippen LogP contribution is -2.19. The summed E-state index contributed by atoms with van der Waals surface area (Å²) in [5.41, 5.74) is 2.01. The number of rotatable bonds is 3. The normalized spacial score (nSPS) is 18.3. The van der Waals surface area contributed by atoms with Crippen LogP contribution in [0.25, 0.3) is 0 Å². The van der Waals surface area contributed by atoms with Gasteiger partial charge in [0.2, 0.25) is 0 Å². The molecule has 2 heterocycles. The quantitative estimate of drug-likeness (QED) is 0.886. The second-order valence-corrected chi connectivity index (χ2v) is 5.08. The predicted molar refractivity (Wildman–Crippen MR) is 72.2 cm³/mol. The highest BCUT2D eigenvalue weighted by Crippen LogP contribution is 2.29. The summed E-state index contributed by atoms with van der Waals surface area (Å²) < 4.78 is 2.19. The van der Waals surface area contributed by atoms with E-state index >= 15 is 0 Å². The zero-order valence-corrected chi connectivity index (χ0v) is 10.8. The number of fused-ring (bicyclic) bond motifs is 1. The minimum Gasteiger partial charge on any atom is -0.508 e. The fourth-order valence-corrected chi connectivity index (χ4v) is 2.81. The van der Waals surface area contributed by atoms with Crippen molar-refractivity contribution >= 4 is 0 Å². The fraction of sp³-hybridized carbons (Fsp3) is 0.400. The molecule has 1 aromatic carbocycles. The van der Waals surface area contributed by atoms with E-state index in [0.29, 0.717) is 12.2 Å². The van der Waals surface area contributed by atoms with Gasteiger partial charge in [-0.3, -0.25) is 0 Å². The molecule has 1 aliphatic rings. The Morgan fingerprint density at radius 1 is 1.32 bits per heavy atom. The van der Waals surface area contributed by atoms with Gasteiger partial charge in [-0.15, -0.1) is 0 Å². The zero-order valence-electron chi connectivity index (χ0n) is 10.8. The summed E-state index contributed by atoms with van der Waals surface area (Å²) in [5, 5.41) is 19.2. The van der Waals surface area contributed by atoms with Crippen molar-refractivity contribution in [3.05, 3.63) is 47.5 Å². The Balaban J connectivity index is 1.91. The first kappa shape index (κ1) is 12.2. The van der Waals surface area contributed by atoms with Crippen LogP contribution >= 0.6 is 0 Å². The Labute approximate surface area is 112 Å². The molecule has 0 radical (unpaired) electrons. The van der Waals surface area contributed by atoms with Gasteiger partial charge in [-0.25, -0.2) is 4.98 Å². The Kier molecular flexibility index (Phi) is 3.25. The molecule has 3 rings (SSSR count). The molecular weight excluding hydrogens is 240 g/mol. The number of imidazole rings is 1. The zero-order chi connectivity index (χ0) is 13.2. The van der Waals surface area contributed by atoms with Gasteiger partial charge in [-0.1, -0.05) is 18.2 Å². The van der Waals surface area contributed by atoms with Crippen LogP contribution in [0, 0.1) is 0 Å². The number of nitrogens with zero attached hydrogens (tertiary/aromatic N) is 2. The first-order valence-electron chi connectivity index (χ1n) is 6.71. The second kappa shape index (κ2) is 5.05. The number of hydrogen-bond acceptors (Lipinski definition) is 3. The monoisotopic (exact) mass is 258 g/mol. The van der Waals surface area contributed by atoms with Crippen LogP contribution in [0.1, 0.15) is 35.8 Å². The molecule has 0 aliphatic carbocycles. The Hall–Kier alpha value is -1.81. The molecule has 19 heavy (non-hydrogen) atoms. The first-order chi connectivity index (χ1) is 9.29. The summed E-state index contributed by atoms with van der Waals surface area (Å²) in [4.78, 5) is 4.47. The minimum atomic E-state index is 0.182. The number of aliphatic hydroxyl groups excluding tert-OH is 1. The van der Waals surface area contributed by atoms with E-state index in [1.54, 1.807) is 6.07 Å². The average molecular weight is 258 g/mol. The second-order valence-electron chi connectivity index (χ2n) is 5.08. The Morgan fingerprint density at radius 2 is 2.16 bits per heavy atom. The van der Waals surface area contributed by atoms with Crippen molar-refractivity contribution in [3.63, 3.8) is 0 Å². The highest BCUT2D eigenvalue weighted by atomic mass is 16.3. The maximum absolute atomic E-state index is 9.83. The number of phenolic OH excluding ortho intramolecular Hbond substituents is 1. The van der Waals surface area contributed by atoms with Gasteiger partial charge in [0, 0.05) is 36.3 Å². The van der Waals surface area contributed by atoms with Gasteiger partial charge in [-0.2, -0.15) is 0 Å². The van der Waals surface area contributed by atoms with E-state index in [0.717, 1.165) is 36.5 Å². The van der Waals surface area contributed by atoms with E-state index in [-0.39, 0.29) is 12.5 Å². The van der Waals surface area contributed by atoms with Crippen LogP contribution in [0.2, 0.25) is 0 Å². The molecule has 2 N–H and O–H groups in total. The largest absolute Gasteiger partial charge is 0.508 e. The molecule has 1 aromatic heterocycles. The SMILES string of the molecule is OCC1CCCn2c1cnc2Cc1ccccc1O.